The minimum atomic E-state index is -4.06. The van der Waals surface area contributed by atoms with Gasteiger partial charge in [0.15, 0.2) is 0 Å². The lowest BCUT2D eigenvalue weighted by molar-refractivity contribution is 0.0858. The lowest BCUT2D eigenvalue weighted by atomic mass is 10.1. The number of rotatable bonds is 8. The molecule has 0 spiro atoms. The molecule has 1 saturated heterocycles. The van der Waals surface area contributed by atoms with Gasteiger partial charge in [0.25, 0.3) is 21.8 Å². The van der Waals surface area contributed by atoms with Crippen LogP contribution in [0.15, 0.2) is 71.6 Å². The van der Waals surface area contributed by atoms with E-state index < -0.39 is 15.9 Å². The van der Waals surface area contributed by atoms with Gasteiger partial charge in [-0.25, -0.2) is 8.42 Å². The van der Waals surface area contributed by atoms with Gasteiger partial charge in [-0.1, -0.05) is 41.4 Å². The molecule has 36 heavy (non-hydrogen) atoms. The van der Waals surface area contributed by atoms with E-state index in [0.717, 1.165) is 18.4 Å². The van der Waals surface area contributed by atoms with Crippen molar-refractivity contribution in [3.63, 3.8) is 0 Å². The number of ether oxygens (including phenoxy) is 1. The van der Waals surface area contributed by atoms with Crippen LogP contribution in [0.4, 0.5) is 11.4 Å². The second kappa shape index (κ2) is 11.1. The Labute approximate surface area is 215 Å². The Balaban J connectivity index is 1.51. The van der Waals surface area contributed by atoms with E-state index in [1.165, 1.54) is 18.2 Å². The summed E-state index contributed by atoms with van der Waals surface area (Å²) in [5.41, 5.74) is 2.00. The topological polar surface area (TPSA) is 114 Å². The summed E-state index contributed by atoms with van der Waals surface area (Å²) in [5, 5.41) is 5.51. The maximum atomic E-state index is 13.0. The van der Waals surface area contributed by atoms with Crippen LogP contribution in [-0.2, 0) is 14.8 Å². The molecule has 1 heterocycles. The van der Waals surface area contributed by atoms with Crippen LogP contribution in [0, 0.1) is 6.92 Å². The highest BCUT2D eigenvalue weighted by Crippen LogP contribution is 2.26. The molecule has 0 aliphatic carbocycles. The van der Waals surface area contributed by atoms with Crippen LogP contribution in [0.1, 0.15) is 39.1 Å². The van der Waals surface area contributed by atoms with E-state index in [1.54, 1.807) is 48.5 Å². The van der Waals surface area contributed by atoms with Crippen LogP contribution in [-0.4, -0.2) is 39.5 Å². The van der Waals surface area contributed by atoms with Gasteiger partial charge < -0.3 is 15.4 Å². The van der Waals surface area contributed by atoms with Gasteiger partial charge in [0.05, 0.1) is 22.4 Å². The fourth-order valence-electron chi connectivity index (χ4n) is 3.77. The number of carbonyl (C=O) groups excluding carboxylic acids is 2. The molecule has 1 fully saturated rings. The molecule has 3 aromatic rings. The van der Waals surface area contributed by atoms with Crippen molar-refractivity contribution < 1.29 is 22.7 Å². The average molecular weight is 528 g/mol. The molecular formula is C26H26ClN3O5S. The molecule has 3 N–H and O–H groups in total. The number of aryl methyl sites for hydroxylation is 1. The van der Waals surface area contributed by atoms with Crippen molar-refractivity contribution >= 4 is 44.8 Å². The molecule has 0 aromatic heterocycles. The molecule has 0 bridgehead atoms. The van der Waals surface area contributed by atoms with Crippen molar-refractivity contribution in [2.24, 2.45) is 0 Å². The minimum Gasteiger partial charge on any atom is -0.376 e. The third-order valence-electron chi connectivity index (χ3n) is 5.72. The normalized spacial score (nSPS) is 15.3. The van der Waals surface area contributed by atoms with Gasteiger partial charge >= 0.3 is 0 Å². The molecule has 1 aliphatic heterocycles. The highest BCUT2D eigenvalue weighted by Gasteiger charge is 2.22. The standard InChI is InChI=1S/C26H26ClN3O5S/c1-17-8-11-19(12-9-17)30-36(33,34)24-15-18(10-13-22(24)27)25(31)29-23-7-3-2-6-21(23)26(32)28-16-20-5-4-14-35-20/h2-3,6-13,15,20,30H,4-5,14,16H2,1H3,(H,28,32)(H,29,31)/t20-/m0/s1. The van der Waals surface area contributed by atoms with Crippen molar-refractivity contribution in [1.29, 1.82) is 0 Å². The Morgan fingerprint density at radius 1 is 1.03 bits per heavy atom. The SMILES string of the molecule is Cc1ccc(NS(=O)(=O)c2cc(C(=O)Nc3ccccc3C(=O)NC[C@@H]3CCCO3)ccc2Cl)cc1. The number of hydrogen-bond donors (Lipinski definition) is 3. The molecule has 188 valence electrons. The number of carbonyl (C=O) groups is 2. The van der Waals surface area contributed by atoms with Gasteiger partial charge in [-0.05, 0) is 62.2 Å². The van der Waals surface area contributed by atoms with Gasteiger partial charge in [0.1, 0.15) is 4.90 Å². The van der Waals surface area contributed by atoms with E-state index in [0.29, 0.717) is 24.5 Å². The molecule has 4 rings (SSSR count). The molecule has 2 amide bonds. The third kappa shape index (κ3) is 6.23. The molecule has 8 nitrogen and oxygen atoms in total. The first-order chi connectivity index (χ1) is 17.2. The summed E-state index contributed by atoms with van der Waals surface area (Å²) in [4.78, 5) is 25.5. The van der Waals surface area contributed by atoms with Crippen LogP contribution in [0.2, 0.25) is 5.02 Å². The minimum absolute atomic E-state index is 0.0151. The first kappa shape index (κ1) is 25.7. The fourth-order valence-corrected chi connectivity index (χ4v) is 5.36. The number of nitrogens with one attached hydrogen (secondary N) is 3. The van der Waals surface area contributed by atoms with Crippen molar-refractivity contribution in [3.05, 3.63) is 88.4 Å². The van der Waals surface area contributed by atoms with E-state index in [2.05, 4.69) is 15.4 Å². The van der Waals surface area contributed by atoms with E-state index in [9.17, 15) is 18.0 Å². The molecule has 1 atom stereocenters. The molecule has 0 saturated carbocycles. The lowest BCUT2D eigenvalue weighted by Crippen LogP contribution is -2.32. The number of anilines is 2. The predicted molar refractivity (Wildman–Crippen MR) is 139 cm³/mol. The summed E-state index contributed by atoms with van der Waals surface area (Å²) < 4.78 is 34.0. The predicted octanol–water partition coefficient (Wildman–Crippen LogP) is 4.61. The Bertz CT molecular complexity index is 1370. The zero-order chi connectivity index (χ0) is 25.7. The number of hydrogen-bond acceptors (Lipinski definition) is 5. The highest BCUT2D eigenvalue weighted by molar-refractivity contribution is 7.92. The zero-order valence-corrected chi connectivity index (χ0v) is 21.2. The summed E-state index contributed by atoms with van der Waals surface area (Å²) in [5.74, 6) is -0.930. The lowest BCUT2D eigenvalue weighted by Gasteiger charge is -2.14. The van der Waals surface area contributed by atoms with Gasteiger partial charge in [-0.3, -0.25) is 14.3 Å². The van der Waals surface area contributed by atoms with Gasteiger partial charge in [0.2, 0.25) is 0 Å². The molecular weight excluding hydrogens is 502 g/mol. The van der Waals surface area contributed by atoms with Crippen LogP contribution >= 0.6 is 11.6 Å². The first-order valence-corrected chi connectivity index (χ1v) is 13.3. The number of sulfonamides is 1. The van der Waals surface area contributed by atoms with Gasteiger partial charge in [0, 0.05) is 24.4 Å². The number of amides is 2. The first-order valence-electron chi connectivity index (χ1n) is 11.4. The van der Waals surface area contributed by atoms with Crippen molar-refractivity contribution in [1.82, 2.24) is 5.32 Å². The number of benzene rings is 3. The van der Waals surface area contributed by atoms with E-state index in [4.69, 9.17) is 16.3 Å². The fraction of sp³-hybridized carbons (Fsp3) is 0.231. The summed E-state index contributed by atoms with van der Waals surface area (Å²) >= 11 is 6.18. The average Bonchev–Trinajstić information content (AvgIpc) is 3.38. The smallest absolute Gasteiger partial charge is 0.263 e. The summed E-state index contributed by atoms with van der Waals surface area (Å²) in [7, 11) is -4.06. The van der Waals surface area contributed by atoms with Crippen molar-refractivity contribution in [2.45, 2.75) is 30.8 Å². The van der Waals surface area contributed by atoms with Crippen LogP contribution in [0.25, 0.3) is 0 Å². The molecule has 3 aromatic carbocycles. The Morgan fingerprint density at radius 3 is 2.50 bits per heavy atom. The third-order valence-corrected chi connectivity index (χ3v) is 7.58. The summed E-state index contributed by atoms with van der Waals surface area (Å²) in [6.07, 6.45) is 1.84. The summed E-state index contributed by atoms with van der Waals surface area (Å²) in [6, 6.07) is 17.4. The molecule has 0 unspecified atom stereocenters. The molecule has 0 radical (unpaired) electrons. The second-order valence-corrected chi connectivity index (χ2v) is 10.5. The molecule has 10 heteroatoms. The second-order valence-electron chi connectivity index (χ2n) is 8.46. The van der Waals surface area contributed by atoms with E-state index in [1.807, 2.05) is 6.92 Å². The van der Waals surface area contributed by atoms with Crippen LogP contribution < -0.4 is 15.4 Å². The maximum Gasteiger partial charge on any atom is 0.263 e. The Kier molecular flexibility index (Phi) is 7.93. The number of halogens is 1. The largest absolute Gasteiger partial charge is 0.376 e. The summed E-state index contributed by atoms with van der Waals surface area (Å²) in [6.45, 7) is 2.96. The maximum absolute atomic E-state index is 13.0. The van der Waals surface area contributed by atoms with Crippen LogP contribution in [0.5, 0.6) is 0 Å². The monoisotopic (exact) mass is 527 g/mol. The Morgan fingerprint density at radius 2 is 1.78 bits per heavy atom. The zero-order valence-electron chi connectivity index (χ0n) is 19.6. The van der Waals surface area contributed by atoms with Gasteiger partial charge in [-0.2, -0.15) is 0 Å². The Hall–Kier alpha value is -3.40. The highest BCUT2D eigenvalue weighted by atomic mass is 35.5. The van der Waals surface area contributed by atoms with E-state index >= 15 is 0 Å². The van der Waals surface area contributed by atoms with Crippen LogP contribution in [0.3, 0.4) is 0 Å². The van der Waals surface area contributed by atoms with Crippen molar-refractivity contribution in [2.75, 3.05) is 23.2 Å². The number of para-hydroxylation sites is 1. The van der Waals surface area contributed by atoms with E-state index in [-0.39, 0.29) is 33.1 Å². The van der Waals surface area contributed by atoms with Crippen molar-refractivity contribution in [3.8, 4) is 0 Å². The quantitative estimate of drug-likeness (QED) is 0.396. The molecule has 1 aliphatic rings. The van der Waals surface area contributed by atoms with Gasteiger partial charge in [-0.15, -0.1) is 0 Å².